The van der Waals surface area contributed by atoms with Crippen LogP contribution >= 0.6 is 0 Å². The highest BCUT2D eigenvalue weighted by Crippen LogP contribution is 2.32. The zero-order valence-electron chi connectivity index (χ0n) is 5.83. The maximum atomic E-state index is 4.07. The van der Waals surface area contributed by atoms with Crippen LogP contribution in [0.15, 0.2) is 11.8 Å². The van der Waals surface area contributed by atoms with Gasteiger partial charge in [-0.3, -0.25) is 0 Å². The Hall–Kier alpha value is -0.0431. The van der Waals surface area contributed by atoms with Crippen molar-refractivity contribution in [2.24, 2.45) is 0 Å². The average molecular weight is 126 g/mol. The molecule has 0 aromatic heterocycles. The molecule has 0 spiro atoms. The van der Waals surface area contributed by atoms with E-state index in [-0.39, 0.29) is 0 Å². The molecule has 1 fully saturated rings. The molecule has 1 heterocycles. The Bertz CT molecular complexity index is 114. The average Bonchev–Trinajstić information content (AvgIpc) is 1.86. The summed E-state index contributed by atoms with van der Waals surface area (Å²) in [6.45, 7) is 8.91. The molecule has 46 valence electrons. The molecule has 0 nitrogen and oxygen atoms in total. The molecule has 0 N–H and O–H groups in total. The van der Waals surface area contributed by atoms with E-state index >= 15 is 0 Å². The summed E-state index contributed by atoms with van der Waals surface area (Å²) in [5.41, 5.74) is 0. The molecule has 0 aromatic rings. The lowest BCUT2D eigenvalue weighted by atomic mass is 10.3. The van der Waals surface area contributed by atoms with Crippen molar-refractivity contribution in [1.82, 2.24) is 0 Å². The van der Waals surface area contributed by atoms with Gasteiger partial charge in [-0.1, -0.05) is 30.8 Å². The van der Waals surface area contributed by atoms with Crippen LogP contribution in [-0.4, -0.2) is 8.07 Å². The third kappa shape index (κ3) is 0.872. The van der Waals surface area contributed by atoms with Gasteiger partial charge < -0.3 is 0 Å². The molecule has 0 aliphatic carbocycles. The Labute approximate surface area is 52.6 Å². The molecule has 1 aliphatic rings. The topological polar surface area (TPSA) is 0 Å². The van der Waals surface area contributed by atoms with Crippen LogP contribution in [0, 0.1) is 0 Å². The van der Waals surface area contributed by atoms with Crippen molar-refractivity contribution in [3.63, 3.8) is 0 Å². The van der Waals surface area contributed by atoms with Crippen LogP contribution in [0.25, 0.3) is 0 Å². The van der Waals surface area contributed by atoms with Gasteiger partial charge in [0.05, 0.1) is 8.07 Å². The standard InChI is InChI=1S/C7H14Si/c1-7-5-4-6-8(7,2)3/h1,4-6H2,2-3H3. The van der Waals surface area contributed by atoms with E-state index in [4.69, 9.17) is 0 Å². The smallest absolute Gasteiger partial charge is 0.0747 e. The molecule has 0 unspecified atom stereocenters. The zero-order valence-corrected chi connectivity index (χ0v) is 6.83. The largest absolute Gasteiger partial charge is 0.104 e. The summed E-state index contributed by atoms with van der Waals surface area (Å²) in [4.78, 5) is 0. The Kier molecular flexibility index (Phi) is 1.31. The van der Waals surface area contributed by atoms with Gasteiger partial charge in [0.25, 0.3) is 0 Å². The fourth-order valence-corrected chi connectivity index (χ4v) is 3.53. The van der Waals surface area contributed by atoms with Crippen LogP contribution in [0.5, 0.6) is 0 Å². The first-order chi connectivity index (χ1) is 3.63. The highest BCUT2D eigenvalue weighted by molar-refractivity contribution is 6.84. The summed E-state index contributed by atoms with van der Waals surface area (Å²) in [6, 6.07) is 1.48. The Morgan fingerprint density at radius 2 is 2.12 bits per heavy atom. The van der Waals surface area contributed by atoms with Gasteiger partial charge >= 0.3 is 0 Å². The van der Waals surface area contributed by atoms with Crippen LogP contribution in [0.3, 0.4) is 0 Å². The van der Waals surface area contributed by atoms with Gasteiger partial charge in [-0.2, -0.15) is 0 Å². The minimum Gasteiger partial charge on any atom is -0.104 e. The normalized spacial score (nSPS) is 26.5. The SMILES string of the molecule is C=C1CCC[Si]1(C)C. The van der Waals surface area contributed by atoms with Gasteiger partial charge in [-0.05, 0) is 6.42 Å². The molecule has 1 heteroatoms. The number of allylic oxidation sites excluding steroid dienone is 1. The fraction of sp³-hybridized carbons (Fsp3) is 0.714. The molecule has 0 radical (unpaired) electrons. The molecule has 0 aromatic carbocycles. The lowest BCUT2D eigenvalue weighted by Gasteiger charge is -2.14. The summed E-state index contributed by atoms with van der Waals surface area (Å²) in [5.74, 6) is 0. The lowest BCUT2D eigenvalue weighted by Crippen LogP contribution is -2.21. The minimum atomic E-state index is -0.838. The maximum Gasteiger partial charge on any atom is 0.0747 e. The van der Waals surface area contributed by atoms with Crippen LogP contribution in [0.1, 0.15) is 12.8 Å². The van der Waals surface area contributed by atoms with Gasteiger partial charge in [0.1, 0.15) is 0 Å². The molecule has 0 saturated carbocycles. The molecule has 1 aliphatic heterocycles. The van der Waals surface area contributed by atoms with E-state index < -0.39 is 8.07 Å². The zero-order chi connectivity index (χ0) is 6.20. The first-order valence-corrected chi connectivity index (χ1v) is 6.52. The second kappa shape index (κ2) is 1.73. The highest BCUT2D eigenvalue weighted by Gasteiger charge is 2.28. The quantitative estimate of drug-likeness (QED) is 0.438. The van der Waals surface area contributed by atoms with E-state index in [1.165, 1.54) is 18.9 Å². The first-order valence-electron chi connectivity index (χ1n) is 3.31. The van der Waals surface area contributed by atoms with Crippen LogP contribution in [0.2, 0.25) is 19.1 Å². The van der Waals surface area contributed by atoms with Gasteiger partial charge in [0.2, 0.25) is 0 Å². The van der Waals surface area contributed by atoms with Crippen LogP contribution in [0.4, 0.5) is 0 Å². The first kappa shape index (κ1) is 6.08. The van der Waals surface area contributed by atoms with Crippen molar-refractivity contribution < 1.29 is 0 Å². The van der Waals surface area contributed by atoms with E-state index in [1.807, 2.05) is 0 Å². The van der Waals surface area contributed by atoms with Gasteiger partial charge in [-0.15, -0.1) is 6.58 Å². The molecule has 0 amide bonds. The van der Waals surface area contributed by atoms with E-state index in [9.17, 15) is 0 Å². The summed E-state index contributed by atoms with van der Waals surface area (Å²) in [5, 5.41) is 1.58. The molecule has 8 heavy (non-hydrogen) atoms. The summed E-state index contributed by atoms with van der Waals surface area (Å²) in [6.07, 6.45) is 2.73. The van der Waals surface area contributed by atoms with E-state index in [1.54, 1.807) is 5.20 Å². The van der Waals surface area contributed by atoms with Crippen molar-refractivity contribution in [3.8, 4) is 0 Å². The minimum absolute atomic E-state index is 0.838. The molecule has 1 rings (SSSR count). The van der Waals surface area contributed by atoms with E-state index in [0.717, 1.165) is 0 Å². The Balaban J connectivity index is 2.68. The third-order valence-corrected chi connectivity index (χ3v) is 6.01. The Morgan fingerprint density at radius 1 is 1.50 bits per heavy atom. The number of rotatable bonds is 0. The monoisotopic (exact) mass is 126 g/mol. The van der Waals surface area contributed by atoms with Crippen molar-refractivity contribution >= 4 is 8.07 Å². The van der Waals surface area contributed by atoms with Crippen molar-refractivity contribution in [1.29, 1.82) is 0 Å². The maximum absolute atomic E-state index is 4.07. The van der Waals surface area contributed by atoms with E-state index in [0.29, 0.717) is 0 Å². The second-order valence-corrected chi connectivity index (χ2v) is 8.32. The molecular weight excluding hydrogens is 112 g/mol. The molecule has 0 bridgehead atoms. The molecule has 1 saturated heterocycles. The number of hydrogen-bond donors (Lipinski definition) is 0. The highest BCUT2D eigenvalue weighted by atomic mass is 28.3. The third-order valence-electron chi connectivity index (χ3n) is 2.24. The van der Waals surface area contributed by atoms with Crippen LogP contribution < -0.4 is 0 Å². The fourth-order valence-electron chi connectivity index (χ4n) is 1.26. The van der Waals surface area contributed by atoms with Crippen molar-refractivity contribution in [2.45, 2.75) is 32.0 Å². The van der Waals surface area contributed by atoms with Crippen molar-refractivity contribution in [2.75, 3.05) is 0 Å². The van der Waals surface area contributed by atoms with Crippen LogP contribution in [-0.2, 0) is 0 Å². The van der Waals surface area contributed by atoms with E-state index in [2.05, 4.69) is 19.7 Å². The Morgan fingerprint density at radius 3 is 2.25 bits per heavy atom. The lowest BCUT2D eigenvalue weighted by molar-refractivity contribution is 0.985. The predicted octanol–water partition coefficient (Wildman–Crippen LogP) is 2.58. The van der Waals surface area contributed by atoms with Crippen molar-refractivity contribution in [3.05, 3.63) is 11.8 Å². The number of hydrogen-bond acceptors (Lipinski definition) is 0. The summed E-state index contributed by atoms with van der Waals surface area (Å²) in [7, 11) is -0.838. The second-order valence-electron chi connectivity index (χ2n) is 3.34. The van der Waals surface area contributed by atoms with Gasteiger partial charge in [0.15, 0.2) is 0 Å². The predicted molar refractivity (Wildman–Crippen MR) is 40.7 cm³/mol. The molecule has 0 atom stereocenters. The summed E-state index contributed by atoms with van der Waals surface area (Å²) >= 11 is 0. The summed E-state index contributed by atoms with van der Waals surface area (Å²) < 4.78 is 0. The molecular formula is C7H14Si. The van der Waals surface area contributed by atoms with Gasteiger partial charge in [-0.25, -0.2) is 0 Å². The van der Waals surface area contributed by atoms with Gasteiger partial charge in [0, 0.05) is 0 Å².